The Morgan fingerprint density at radius 1 is 1.75 bits per heavy atom. The van der Waals surface area contributed by atoms with E-state index in [1.54, 1.807) is 6.07 Å². The van der Waals surface area contributed by atoms with Crippen LogP contribution in [0.2, 0.25) is 5.02 Å². The molecule has 1 unspecified atom stereocenters. The van der Waals surface area contributed by atoms with Gasteiger partial charge in [-0.2, -0.15) is 0 Å². The fourth-order valence-corrected chi connectivity index (χ4v) is 1.84. The third kappa shape index (κ3) is 2.57. The summed E-state index contributed by atoms with van der Waals surface area (Å²) in [6.45, 7) is 2.33. The van der Waals surface area contributed by atoms with Crippen molar-refractivity contribution in [2.24, 2.45) is 5.73 Å². The predicted octanol–water partition coefficient (Wildman–Crippen LogP) is 1.55. The molecule has 4 nitrogen and oxygen atoms in total. The lowest BCUT2D eigenvalue weighted by Gasteiger charge is -2.10. The maximum Gasteiger partial charge on any atom is 0.268 e. The number of halogens is 1. The number of hydrogen-bond donors (Lipinski definition) is 2. The van der Waals surface area contributed by atoms with E-state index in [-0.39, 0.29) is 11.9 Å². The molecule has 0 radical (unpaired) electrons. The summed E-state index contributed by atoms with van der Waals surface area (Å²) in [6.07, 6.45) is 4.07. The fourth-order valence-electron chi connectivity index (χ4n) is 1.63. The van der Waals surface area contributed by atoms with E-state index in [9.17, 15) is 4.79 Å². The molecule has 1 aliphatic carbocycles. The van der Waals surface area contributed by atoms with Crippen LogP contribution in [0.1, 0.15) is 36.3 Å². The number of nitrogens with one attached hydrogen (secondary N) is 1. The van der Waals surface area contributed by atoms with E-state index in [1.165, 1.54) is 0 Å². The molecule has 0 aromatic carbocycles. The van der Waals surface area contributed by atoms with Gasteiger partial charge in [0.2, 0.25) is 0 Å². The maximum atomic E-state index is 11.9. The van der Waals surface area contributed by atoms with E-state index in [1.807, 2.05) is 17.7 Å². The molecule has 0 spiro atoms. The molecule has 5 heteroatoms. The second-order valence-electron chi connectivity index (χ2n) is 4.37. The van der Waals surface area contributed by atoms with Crippen molar-refractivity contribution in [2.45, 2.75) is 31.8 Å². The summed E-state index contributed by atoms with van der Waals surface area (Å²) in [5.74, 6) is -0.101. The molecule has 16 heavy (non-hydrogen) atoms. The van der Waals surface area contributed by atoms with E-state index in [4.69, 9.17) is 17.3 Å². The standard InChI is InChI=1S/C11H16ClN3O/c1-7(13)5-14-11(16)10-4-8(12)6-15(10)9-2-3-9/h4,6-7,9H,2-3,5,13H2,1H3,(H,14,16). The molecule has 1 aromatic rings. The van der Waals surface area contributed by atoms with Crippen LogP contribution in [0.25, 0.3) is 0 Å². The lowest BCUT2D eigenvalue weighted by Crippen LogP contribution is -2.35. The smallest absolute Gasteiger partial charge is 0.268 e. The summed E-state index contributed by atoms with van der Waals surface area (Å²) in [6, 6.07) is 2.11. The first-order chi connectivity index (χ1) is 7.58. The topological polar surface area (TPSA) is 60.0 Å². The van der Waals surface area contributed by atoms with Gasteiger partial charge in [-0.25, -0.2) is 0 Å². The van der Waals surface area contributed by atoms with E-state index in [0.717, 1.165) is 12.8 Å². The van der Waals surface area contributed by atoms with Crippen LogP contribution < -0.4 is 11.1 Å². The van der Waals surface area contributed by atoms with Crippen LogP contribution in [0.5, 0.6) is 0 Å². The van der Waals surface area contributed by atoms with Crippen LogP contribution in [-0.4, -0.2) is 23.1 Å². The Hall–Kier alpha value is -1.00. The summed E-state index contributed by atoms with van der Waals surface area (Å²) in [4.78, 5) is 11.9. The van der Waals surface area contributed by atoms with Crippen molar-refractivity contribution in [1.82, 2.24) is 9.88 Å². The molecule has 0 aliphatic heterocycles. The van der Waals surface area contributed by atoms with Gasteiger partial charge >= 0.3 is 0 Å². The summed E-state index contributed by atoms with van der Waals surface area (Å²) < 4.78 is 1.96. The van der Waals surface area contributed by atoms with Gasteiger partial charge < -0.3 is 15.6 Å². The molecular weight excluding hydrogens is 226 g/mol. The number of rotatable bonds is 4. The van der Waals surface area contributed by atoms with Crippen LogP contribution in [0.3, 0.4) is 0 Å². The summed E-state index contributed by atoms with van der Waals surface area (Å²) in [5, 5.41) is 3.40. The minimum Gasteiger partial charge on any atom is -0.349 e. The van der Waals surface area contributed by atoms with Gasteiger partial charge in [0.25, 0.3) is 5.91 Å². The number of hydrogen-bond acceptors (Lipinski definition) is 2. The largest absolute Gasteiger partial charge is 0.349 e. The van der Waals surface area contributed by atoms with Gasteiger partial charge in [0, 0.05) is 24.8 Å². The Morgan fingerprint density at radius 2 is 2.44 bits per heavy atom. The van der Waals surface area contributed by atoms with Crippen LogP contribution in [0, 0.1) is 0 Å². The van der Waals surface area contributed by atoms with E-state index in [2.05, 4.69) is 5.32 Å². The molecule has 1 amide bonds. The Bertz CT molecular complexity index is 396. The monoisotopic (exact) mass is 241 g/mol. The summed E-state index contributed by atoms with van der Waals surface area (Å²) >= 11 is 5.92. The summed E-state index contributed by atoms with van der Waals surface area (Å²) in [5.41, 5.74) is 6.22. The molecule has 1 fully saturated rings. The van der Waals surface area contributed by atoms with Gasteiger partial charge in [0.15, 0.2) is 0 Å². The Kier molecular flexibility index (Phi) is 3.21. The highest BCUT2D eigenvalue weighted by Crippen LogP contribution is 2.37. The van der Waals surface area contributed by atoms with Gasteiger partial charge in [-0.15, -0.1) is 0 Å². The average Bonchev–Trinajstić information content (AvgIpc) is 2.98. The maximum absolute atomic E-state index is 11.9. The van der Waals surface area contributed by atoms with Crippen molar-refractivity contribution < 1.29 is 4.79 Å². The number of nitrogens with zero attached hydrogens (tertiary/aromatic N) is 1. The first-order valence-corrected chi connectivity index (χ1v) is 5.87. The number of carbonyl (C=O) groups excluding carboxylic acids is 1. The zero-order valence-corrected chi connectivity index (χ0v) is 10.00. The van der Waals surface area contributed by atoms with Crippen molar-refractivity contribution in [3.05, 3.63) is 23.0 Å². The molecule has 3 N–H and O–H groups in total. The Balaban J connectivity index is 2.09. The van der Waals surface area contributed by atoms with Crippen LogP contribution >= 0.6 is 11.6 Å². The average molecular weight is 242 g/mol. The van der Waals surface area contributed by atoms with Crippen molar-refractivity contribution in [3.8, 4) is 0 Å². The highest BCUT2D eigenvalue weighted by Gasteiger charge is 2.27. The molecule has 1 aliphatic rings. The van der Waals surface area contributed by atoms with Crippen LogP contribution in [0.15, 0.2) is 12.3 Å². The van der Waals surface area contributed by atoms with Crippen molar-refractivity contribution >= 4 is 17.5 Å². The third-order valence-electron chi connectivity index (χ3n) is 2.57. The molecular formula is C11H16ClN3O. The van der Waals surface area contributed by atoms with Crippen molar-refractivity contribution in [3.63, 3.8) is 0 Å². The molecule has 0 saturated heterocycles. The van der Waals surface area contributed by atoms with Gasteiger partial charge in [-0.05, 0) is 25.8 Å². The molecule has 2 rings (SSSR count). The van der Waals surface area contributed by atoms with Gasteiger partial charge in [0.05, 0.1) is 5.02 Å². The number of carbonyl (C=O) groups is 1. The minimum absolute atomic E-state index is 0.0382. The summed E-state index contributed by atoms with van der Waals surface area (Å²) in [7, 11) is 0. The van der Waals surface area contributed by atoms with Crippen molar-refractivity contribution in [2.75, 3.05) is 6.54 Å². The van der Waals surface area contributed by atoms with Gasteiger partial charge in [0.1, 0.15) is 5.69 Å². The third-order valence-corrected chi connectivity index (χ3v) is 2.78. The first-order valence-electron chi connectivity index (χ1n) is 5.49. The molecule has 1 aromatic heterocycles. The SMILES string of the molecule is CC(N)CNC(=O)c1cc(Cl)cn1C1CC1. The van der Waals surface area contributed by atoms with Crippen LogP contribution in [0.4, 0.5) is 0 Å². The van der Waals surface area contributed by atoms with E-state index < -0.39 is 0 Å². The Labute approximate surface area is 99.8 Å². The van der Waals surface area contributed by atoms with Crippen molar-refractivity contribution in [1.29, 1.82) is 0 Å². The lowest BCUT2D eigenvalue weighted by molar-refractivity contribution is 0.0942. The zero-order chi connectivity index (χ0) is 11.7. The molecule has 1 atom stereocenters. The second kappa shape index (κ2) is 4.47. The number of amides is 1. The first kappa shape index (κ1) is 11.5. The van der Waals surface area contributed by atoms with Gasteiger partial charge in [-0.3, -0.25) is 4.79 Å². The molecule has 1 saturated carbocycles. The minimum atomic E-state index is -0.101. The molecule has 0 bridgehead atoms. The highest BCUT2D eigenvalue weighted by molar-refractivity contribution is 6.31. The van der Waals surface area contributed by atoms with Crippen LogP contribution in [-0.2, 0) is 0 Å². The number of aromatic nitrogens is 1. The molecule has 88 valence electrons. The fraction of sp³-hybridized carbons (Fsp3) is 0.545. The molecule has 1 heterocycles. The van der Waals surface area contributed by atoms with E-state index in [0.29, 0.717) is 23.3 Å². The van der Waals surface area contributed by atoms with Gasteiger partial charge in [-0.1, -0.05) is 11.6 Å². The predicted molar refractivity (Wildman–Crippen MR) is 63.7 cm³/mol. The zero-order valence-electron chi connectivity index (χ0n) is 9.24. The van der Waals surface area contributed by atoms with E-state index >= 15 is 0 Å². The quantitative estimate of drug-likeness (QED) is 0.840. The second-order valence-corrected chi connectivity index (χ2v) is 4.81. The highest BCUT2D eigenvalue weighted by atomic mass is 35.5. The Morgan fingerprint density at radius 3 is 3.00 bits per heavy atom. The number of nitrogens with two attached hydrogens (primary N) is 1. The normalized spacial score (nSPS) is 17.2. The lowest BCUT2D eigenvalue weighted by atomic mass is 10.3.